The molecule has 0 fully saturated rings. The third-order valence-corrected chi connectivity index (χ3v) is 5.57. The van der Waals surface area contributed by atoms with Gasteiger partial charge >= 0.3 is 0 Å². The predicted molar refractivity (Wildman–Crippen MR) is 121 cm³/mol. The zero-order valence-electron chi connectivity index (χ0n) is 19.2. The van der Waals surface area contributed by atoms with Gasteiger partial charge < -0.3 is 9.47 Å². The van der Waals surface area contributed by atoms with E-state index in [1.807, 2.05) is 0 Å². The van der Waals surface area contributed by atoms with Gasteiger partial charge in [-0.15, -0.1) is 0 Å². The molecule has 0 aliphatic rings. The zero-order chi connectivity index (χ0) is 19.8. The number of methoxy groups -OCH3 is 1. The van der Waals surface area contributed by atoms with Crippen LogP contribution in [0.4, 0.5) is 0 Å². The molecule has 0 spiro atoms. The maximum Gasteiger partial charge on any atom is 0.0516 e. The van der Waals surface area contributed by atoms with Crippen LogP contribution in [0.1, 0.15) is 129 Å². The van der Waals surface area contributed by atoms with Crippen LogP contribution >= 0.6 is 0 Å². The molecule has 0 saturated carbocycles. The average molecular weight is 385 g/mol. The van der Waals surface area contributed by atoms with E-state index in [0.29, 0.717) is 5.92 Å². The van der Waals surface area contributed by atoms with Crippen molar-refractivity contribution in [1.82, 2.24) is 0 Å². The van der Waals surface area contributed by atoms with Crippen molar-refractivity contribution >= 4 is 0 Å². The Hall–Kier alpha value is -0.0800. The summed E-state index contributed by atoms with van der Waals surface area (Å²) in [6, 6.07) is 0. The van der Waals surface area contributed by atoms with Crippen LogP contribution in [0.5, 0.6) is 0 Å². The fraction of sp³-hybridized carbons (Fsp3) is 1.00. The van der Waals surface area contributed by atoms with E-state index in [9.17, 15) is 0 Å². The maximum atomic E-state index is 5.70. The van der Waals surface area contributed by atoms with Crippen LogP contribution in [0.15, 0.2) is 0 Å². The number of hydrogen-bond donors (Lipinski definition) is 0. The van der Waals surface area contributed by atoms with Gasteiger partial charge in [-0.2, -0.15) is 0 Å². The molecule has 0 bridgehead atoms. The molecule has 0 aliphatic heterocycles. The van der Waals surface area contributed by atoms with E-state index in [2.05, 4.69) is 13.8 Å². The molecular formula is C25H52O2. The highest BCUT2D eigenvalue weighted by Gasteiger charge is 2.08. The third-order valence-electron chi connectivity index (χ3n) is 5.57. The van der Waals surface area contributed by atoms with Crippen LogP contribution in [0.2, 0.25) is 0 Å². The lowest BCUT2D eigenvalue weighted by atomic mass is 10.0. The molecule has 0 amide bonds. The topological polar surface area (TPSA) is 18.5 Å². The van der Waals surface area contributed by atoms with E-state index < -0.39 is 0 Å². The van der Waals surface area contributed by atoms with Crippen LogP contribution in [-0.4, -0.2) is 26.9 Å². The summed E-state index contributed by atoms with van der Waals surface area (Å²) in [6.07, 6.45) is 25.3. The molecule has 1 atom stereocenters. The minimum atomic E-state index is 0.591. The molecule has 0 heterocycles. The van der Waals surface area contributed by atoms with Gasteiger partial charge in [0.15, 0.2) is 0 Å². The lowest BCUT2D eigenvalue weighted by Crippen LogP contribution is -2.15. The Morgan fingerprint density at radius 1 is 0.519 bits per heavy atom. The van der Waals surface area contributed by atoms with Crippen LogP contribution in [0.3, 0.4) is 0 Å². The zero-order valence-corrected chi connectivity index (χ0v) is 19.2. The molecule has 0 aromatic heterocycles. The minimum Gasteiger partial charge on any atom is -0.384 e. The quantitative estimate of drug-likeness (QED) is 0.165. The Morgan fingerprint density at radius 2 is 0.963 bits per heavy atom. The van der Waals surface area contributed by atoms with E-state index in [1.165, 1.54) is 109 Å². The van der Waals surface area contributed by atoms with Crippen molar-refractivity contribution in [3.05, 3.63) is 0 Å². The van der Waals surface area contributed by atoms with Crippen molar-refractivity contribution in [2.24, 2.45) is 5.92 Å². The summed E-state index contributed by atoms with van der Waals surface area (Å²) in [5, 5.41) is 0. The van der Waals surface area contributed by atoms with Crippen molar-refractivity contribution in [3.8, 4) is 0 Å². The summed E-state index contributed by atoms with van der Waals surface area (Å²) in [5.41, 5.74) is 0. The molecule has 0 aliphatic carbocycles. The van der Waals surface area contributed by atoms with Gasteiger partial charge in [0.05, 0.1) is 13.2 Å². The largest absolute Gasteiger partial charge is 0.384 e. The van der Waals surface area contributed by atoms with Crippen LogP contribution in [0.25, 0.3) is 0 Å². The molecular weight excluding hydrogens is 332 g/mol. The van der Waals surface area contributed by atoms with Gasteiger partial charge in [-0.1, -0.05) is 117 Å². The van der Waals surface area contributed by atoms with E-state index in [-0.39, 0.29) is 0 Å². The monoisotopic (exact) mass is 384 g/mol. The Bertz CT molecular complexity index is 255. The second kappa shape index (κ2) is 24.0. The first-order valence-electron chi connectivity index (χ1n) is 12.4. The molecule has 27 heavy (non-hydrogen) atoms. The second-order valence-electron chi connectivity index (χ2n) is 8.49. The van der Waals surface area contributed by atoms with Gasteiger partial charge in [-0.05, 0) is 12.8 Å². The molecule has 0 saturated heterocycles. The summed E-state index contributed by atoms with van der Waals surface area (Å²) in [4.78, 5) is 0. The van der Waals surface area contributed by atoms with Crippen LogP contribution < -0.4 is 0 Å². The Morgan fingerprint density at radius 3 is 1.37 bits per heavy atom. The van der Waals surface area contributed by atoms with Crippen molar-refractivity contribution in [2.75, 3.05) is 26.9 Å². The van der Waals surface area contributed by atoms with E-state index in [0.717, 1.165) is 26.2 Å². The third kappa shape index (κ3) is 22.1. The first-order chi connectivity index (χ1) is 13.3. The summed E-state index contributed by atoms with van der Waals surface area (Å²) < 4.78 is 11.0. The highest BCUT2D eigenvalue weighted by atomic mass is 16.5. The van der Waals surface area contributed by atoms with Crippen molar-refractivity contribution in [1.29, 1.82) is 0 Å². The van der Waals surface area contributed by atoms with Gasteiger partial charge in [0.25, 0.3) is 0 Å². The predicted octanol–water partition coefficient (Wildman–Crippen LogP) is 8.33. The molecule has 2 nitrogen and oxygen atoms in total. The highest BCUT2D eigenvalue weighted by Crippen LogP contribution is 2.16. The van der Waals surface area contributed by atoms with Crippen molar-refractivity contribution < 1.29 is 9.47 Å². The fourth-order valence-corrected chi connectivity index (χ4v) is 3.83. The summed E-state index contributed by atoms with van der Waals surface area (Å²) >= 11 is 0. The Labute approximate surface area is 172 Å². The first kappa shape index (κ1) is 26.9. The number of hydrogen-bond acceptors (Lipinski definition) is 2. The lowest BCUT2D eigenvalue weighted by molar-refractivity contribution is 0.0533. The molecule has 0 radical (unpaired) electrons. The standard InChI is InChI=1S/C25H52O2/c1-4-6-7-8-9-10-11-12-13-14-15-16-17-18-19-20-21-25(23-26-3)24-27-22-5-2/h25H,4-24H2,1-3H3. The fourth-order valence-electron chi connectivity index (χ4n) is 3.83. The second-order valence-corrected chi connectivity index (χ2v) is 8.49. The number of rotatable bonds is 23. The van der Waals surface area contributed by atoms with Crippen LogP contribution in [0, 0.1) is 5.92 Å². The van der Waals surface area contributed by atoms with Crippen molar-refractivity contribution in [2.45, 2.75) is 129 Å². The van der Waals surface area contributed by atoms with E-state index in [1.54, 1.807) is 7.11 Å². The van der Waals surface area contributed by atoms with Crippen molar-refractivity contribution in [3.63, 3.8) is 0 Å². The van der Waals surface area contributed by atoms with E-state index >= 15 is 0 Å². The highest BCUT2D eigenvalue weighted by molar-refractivity contribution is 4.58. The molecule has 1 unspecified atom stereocenters. The Kier molecular flexibility index (Phi) is 23.9. The molecule has 0 rings (SSSR count). The van der Waals surface area contributed by atoms with Gasteiger partial charge in [-0.25, -0.2) is 0 Å². The smallest absolute Gasteiger partial charge is 0.0516 e. The molecule has 2 heteroatoms. The normalized spacial score (nSPS) is 12.6. The SMILES string of the molecule is CCCCCCCCCCCCCCCCCCC(COC)COCCC. The summed E-state index contributed by atoms with van der Waals surface area (Å²) in [6.45, 7) is 7.08. The van der Waals surface area contributed by atoms with Gasteiger partial charge in [0.2, 0.25) is 0 Å². The average Bonchev–Trinajstić information content (AvgIpc) is 2.67. The molecule has 0 aromatic carbocycles. The lowest BCUT2D eigenvalue weighted by Gasteiger charge is -2.16. The molecule has 0 N–H and O–H groups in total. The van der Waals surface area contributed by atoms with Crippen LogP contribution in [-0.2, 0) is 9.47 Å². The number of unbranched alkanes of at least 4 members (excludes halogenated alkanes) is 15. The van der Waals surface area contributed by atoms with Gasteiger partial charge in [0, 0.05) is 19.6 Å². The summed E-state index contributed by atoms with van der Waals surface area (Å²) in [7, 11) is 1.81. The Balaban J connectivity index is 3.23. The van der Waals surface area contributed by atoms with Gasteiger partial charge in [-0.3, -0.25) is 0 Å². The van der Waals surface area contributed by atoms with E-state index in [4.69, 9.17) is 9.47 Å². The first-order valence-corrected chi connectivity index (χ1v) is 12.4. The number of ether oxygens (including phenoxy) is 2. The maximum absolute atomic E-state index is 5.70. The molecule has 0 aromatic rings. The molecule has 164 valence electrons. The summed E-state index contributed by atoms with van der Waals surface area (Å²) in [5.74, 6) is 0.591. The van der Waals surface area contributed by atoms with Gasteiger partial charge in [0.1, 0.15) is 0 Å². The minimum absolute atomic E-state index is 0.591.